The van der Waals surface area contributed by atoms with Crippen LogP contribution in [0.2, 0.25) is 5.02 Å². The van der Waals surface area contributed by atoms with Crippen molar-refractivity contribution in [2.24, 2.45) is 0 Å². The van der Waals surface area contributed by atoms with Crippen molar-refractivity contribution in [2.45, 2.75) is 26.0 Å². The van der Waals surface area contributed by atoms with Gasteiger partial charge in [-0.25, -0.2) is 0 Å². The smallest absolute Gasteiger partial charge is 0.300 e. The number of halogens is 1. The molecule has 1 saturated heterocycles. The summed E-state index contributed by atoms with van der Waals surface area (Å²) in [5.41, 5.74) is 1.08. The molecule has 0 radical (unpaired) electrons. The van der Waals surface area contributed by atoms with Gasteiger partial charge in [0.1, 0.15) is 17.3 Å². The van der Waals surface area contributed by atoms with Crippen molar-refractivity contribution in [1.82, 2.24) is 0 Å². The van der Waals surface area contributed by atoms with E-state index in [0.717, 1.165) is 0 Å². The molecule has 0 aromatic heterocycles. The van der Waals surface area contributed by atoms with Gasteiger partial charge < -0.3 is 24.1 Å². The first-order valence-electron chi connectivity index (χ1n) is 11.6. The molecule has 0 aliphatic carbocycles. The van der Waals surface area contributed by atoms with Gasteiger partial charge in [0, 0.05) is 17.3 Å². The lowest BCUT2D eigenvalue weighted by Crippen LogP contribution is -2.29. The molecule has 0 saturated carbocycles. The second-order valence-corrected chi connectivity index (χ2v) is 9.20. The van der Waals surface area contributed by atoms with Crippen molar-refractivity contribution in [3.05, 3.63) is 82.4 Å². The number of hydrogen-bond donors (Lipinski definition) is 1. The molecule has 1 atom stereocenters. The number of Topliss-reactive ketones (excluding diaryl/α,β-unsaturated/α-hetero) is 1. The van der Waals surface area contributed by atoms with E-state index in [1.807, 2.05) is 13.8 Å². The highest BCUT2D eigenvalue weighted by molar-refractivity contribution is 6.52. The lowest BCUT2D eigenvalue weighted by Gasteiger charge is -2.26. The number of aliphatic hydroxyl groups is 1. The number of carbonyl (C=O) groups is 2. The maximum atomic E-state index is 13.4. The molecule has 0 bridgehead atoms. The van der Waals surface area contributed by atoms with Gasteiger partial charge in [-0.15, -0.1) is 0 Å². The highest BCUT2D eigenvalue weighted by Gasteiger charge is 2.47. The minimum atomic E-state index is -0.948. The Bertz CT molecular complexity index is 1410. The van der Waals surface area contributed by atoms with Crippen molar-refractivity contribution >= 4 is 34.7 Å². The number of methoxy groups -OCH3 is 1. The summed E-state index contributed by atoms with van der Waals surface area (Å²) in [6, 6.07) is 15.8. The summed E-state index contributed by atoms with van der Waals surface area (Å²) in [5.74, 6) is 0.00807. The molecule has 3 aromatic carbocycles. The third kappa shape index (κ3) is 4.44. The average molecular weight is 522 g/mol. The van der Waals surface area contributed by atoms with Crippen molar-refractivity contribution in [3.8, 4) is 23.0 Å². The summed E-state index contributed by atoms with van der Waals surface area (Å²) in [4.78, 5) is 28.2. The molecule has 2 aliphatic rings. The van der Waals surface area contributed by atoms with Crippen LogP contribution in [0.3, 0.4) is 0 Å². The van der Waals surface area contributed by atoms with Gasteiger partial charge in [-0.1, -0.05) is 23.7 Å². The summed E-state index contributed by atoms with van der Waals surface area (Å²) in [5, 5.41) is 11.6. The lowest BCUT2D eigenvalue weighted by atomic mass is 9.95. The van der Waals surface area contributed by atoms with Crippen molar-refractivity contribution in [3.63, 3.8) is 0 Å². The minimum absolute atomic E-state index is 0.0275. The Morgan fingerprint density at radius 1 is 1.00 bits per heavy atom. The van der Waals surface area contributed by atoms with E-state index in [1.165, 1.54) is 18.1 Å². The van der Waals surface area contributed by atoms with Gasteiger partial charge >= 0.3 is 0 Å². The second kappa shape index (κ2) is 9.71. The zero-order valence-corrected chi connectivity index (χ0v) is 21.1. The number of aliphatic hydroxyl groups excluding tert-OH is 1. The van der Waals surface area contributed by atoms with Crippen LogP contribution in [0, 0.1) is 0 Å². The summed E-state index contributed by atoms with van der Waals surface area (Å²) in [6.45, 7) is 3.90. The topological polar surface area (TPSA) is 94.5 Å². The molecule has 5 rings (SSSR count). The van der Waals surface area contributed by atoms with Crippen molar-refractivity contribution in [2.75, 3.05) is 18.8 Å². The summed E-state index contributed by atoms with van der Waals surface area (Å²) in [6.07, 6.45) is -0.0275. The Hall–Kier alpha value is -4.17. The third-order valence-electron chi connectivity index (χ3n) is 6.08. The van der Waals surface area contributed by atoms with Crippen molar-refractivity contribution in [1.29, 1.82) is 0 Å². The number of amides is 1. The maximum absolute atomic E-state index is 13.4. The zero-order valence-electron chi connectivity index (χ0n) is 20.4. The number of benzene rings is 3. The first-order chi connectivity index (χ1) is 17.8. The van der Waals surface area contributed by atoms with Gasteiger partial charge in [0.05, 0.1) is 29.9 Å². The molecule has 37 heavy (non-hydrogen) atoms. The fraction of sp³-hybridized carbons (Fsp3) is 0.214. The SMILES string of the molecule is COc1ccc(Cl)c(/C(O)=C2\C(=O)C(=O)N(c3ccc4c(c3)OCO4)C2c2ccc(OC(C)C)cc2)c1. The van der Waals surface area contributed by atoms with Crippen LogP contribution in [0.4, 0.5) is 5.69 Å². The van der Waals surface area contributed by atoms with Gasteiger partial charge in [-0.2, -0.15) is 0 Å². The van der Waals surface area contributed by atoms with Crippen LogP contribution in [-0.4, -0.2) is 36.8 Å². The number of fused-ring (bicyclic) bond motifs is 1. The largest absolute Gasteiger partial charge is 0.507 e. The van der Waals surface area contributed by atoms with Gasteiger partial charge in [-0.3, -0.25) is 14.5 Å². The zero-order chi connectivity index (χ0) is 26.3. The molecule has 0 spiro atoms. The van der Waals surface area contributed by atoms with E-state index in [0.29, 0.717) is 34.2 Å². The van der Waals surface area contributed by atoms with E-state index < -0.39 is 23.5 Å². The fourth-order valence-corrected chi connectivity index (χ4v) is 4.62. The van der Waals surface area contributed by atoms with Crippen molar-refractivity contribution < 1.29 is 33.6 Å². The lowest BCUT2D eigenvalue weighted by molar-refractivity contribution is -0.132. The van der Waals surface area contributed by atoms with Crippen LogP contribution in [-0.2, 0) is 9.59 Å². The van der Waals surface area contributed by atoms with Crippen LogP contribution in [0.25, 0.3) is 5.76 Å². The number of ether oxygens (including phenoxy) is 4. The van der Waals surface area contributed by atoms with Crippen LogP contribution < -0.4 is 23.8 Å². The average Bonchev–Trinajstić information content (AvgIpc) is 3.46. The number of anilines is 1. The van der Waals surface area contributed by atoms with E-state index in [-0.39, 0.29) is 29.1 Å². The number of rotatable bonds is 6. The van der Waals surface area contributed by atoms with Crippen LogP contribution >= 0.6 is 11.6 Å². The molecule has 2 heterocycles. The van der Waals surface area contributed by atoms with E-state index in [1.54, 1.807) is 54.6 Å². The van der Waals surface area contributed by atoms with Gasteiger partial charge in [0.25, 0.3) is 11.7 Å². The van der Waals surface area contributed by atoms with E-state index in [4.69, 9.17) is 30.5 Å². The number of nitrogens with zero attached hydrogens (tertiary/aromatic N) is 1. The normalized spacial score (nSPS) is 18.0. The van der Waals surface area contributed by atoms with Gasteiger partial charge in [0.2, 0.25) is 6.79 Å². The number of hydrogen-bond acceptors (Lipinski definition) is 7. The molecule has 1 unspecified atom stereocenters. The first kappa shape index (κ1) is 24.5. The molecule has 9 heteroatoms. The highest BCUT2D eigenvalue weighted by atomic mass is 35.5. The highest BCUT2D eigenvalue weighted by Crippen LogP contribution is 2.45. The molecule has 2 aliphatic heterocycles. The quantitative estimate of drug-likeness (QED) is 0.260. The maximum Gasteiger partial charge on any atom is 0.300 e. The second-order valence-electron chi connectivity index (χ2n) is 8.79. The number of ketones is 1. The van der Waals surface area contributed by atoms with Gasteiger partial charge in [0.15, 0.2) is 11.5 Å². The third-order valence-corrected chi connectivity index (χ3v) is 6.40. The minimum Gasteiger partial charge on any atom is -0.507 e. The number of carbonyl (C=O) groups excluding carboxylic acids is 2. The van der Waals surface area contributed by atoms with Crippen LogP contribution in [0.1, 0.15) is 31.0 Å². The molecule has 1 amide bonds. The Morgan fingerprint density at radius 3 is 2.41 bits per heavy atom. The predicted molar refractivity (Wildman–Crippen MR) is 138 cm³/mol. The fourth-order valence-electron chi connectivity index (χ4n) is 4.41. The molecule has 1 fully saturated rings. The molecule has 1 N–H and O–H groups in total. The van der Waals surface area contributed by atoms with E-state index in [2.05, 4.69) is 0 Å². The molecule has 8 nitrogen and oxygen atoms in total. The summed E-state index contributed by atoms with van der Waals surface area (Å²) in [7, 11) is 1.48. The first-order valence-corrected chi connectivity index (χ1v) is 12.0. The molecular formula is C28H24ClNO7. The monoisotopic (exact) mass is 521 g/mol. The Morgan fingerprint density at radius 2 is 1.70 bits per heavy atom. The molecular weight excluding hydrogens is 498 g/mol. The standard InChI is InChI=1S/C28H24ClNO7/c1-15(2)37-18-7-4-16(5-8-18)25-24(26(31)20-13-19(34-3)9-10-21(20)29)27(32)28(33)30(25)17-6-11-22-23(12-17)36-14-35-22/h4-13,15,25,31H,14H2,1-3H3/b26-24+. The van der Waals surface area contributed by atoms with Crippen LogP contribution in [0.15, 0.2) is 66.2 Å². The van der Waals surface area contributed by atoms with Gasteiger partial charge in [-0.05, 0) is 61.9 Å². The van der Waals surface area contributed by atoms with E-state index >= 15 is 0 Å². The van der Waals surface area contributed by atoms with Crippen LogP contribution in [0.5, 0.6) is 23.0 Å². The Balaban J connectivity index is 1.69. The Kier molecular flexibility index (Phi) is 6.43. The summed E-state index contributed by atoms with van der Waals surface area (Å²) >= 11 is 6.38. The predicted octanol–water partition coefficient (Wildman–Crippen LogP) is 5.49. The molecule has 3 aromatic rings. The summed E-state index contributed by atoms with van der Waals surface area (Å²) < 4.78 is 21.9. The Labute approximate surface area is 218 Å². The molecule has 190 valence electrons. The van der Waals surface area contributed by atoms with E-state index in [9.17, 15) is 14.7 Å².